The Morgan fingerprint density at radius 3 is 2.52 bits per heavy atom. The van der Waals surface area contributed by atoms with Gasteiger partial charge in [0.1, 0.15) is 17.9 Å². The largest absolute Gasteiger partial charge is 0.493 e. The van der Waals surface area contributed by atoms with E-state index in [1.54, 1.807) is 30.3 Å². The summed E-state index contributed by atoms with van der Waals surface area (Å²) in [5, 5.41) is 24.4. The number of amides is 4. The molecule has 14 heteroatoms. The van der Waals surface area contributed by atoms with Crippen LogP contribution < -0.4 is 25.8 Å². The first-order valence-electron chi connectivity index (χ1n) is 14.8. The van der Waals surface area contributed by atoms with Crippen LogP contribution in [0.4, 0.5) is 4.79 Å². The molecule has 3 heterocycles. The summed E-state index contributed by atoms with van der Waals surface area (Å²) in [6.45, 7) is 4.07. The lowest BCUT2D eigenvalue weighted by Gasteiger charge is -2.34. The van der Waals surface area contributed by atoms with E-state index < -0.39 is 46.3 Å². The average Bonchev–Trinajstić information content (AvgIpc) is 3.40. The van der Waals surface area contributed by atoms with Gasteiger partial charge in [0, 0.05) is 31.6 Å². The minimum atomic E-state index is -3.85. The van der Waals surface area contributed by atoms with Crippen LogP contribution in [-0.4, -0.2) is 92.4 Å². The number of hydrogen-bond acceptors (Lipinski definition) is 8. The number of carbonyl (C=O) groups excluding carboxylic acids is 3. The molecule has 6 N–H and O–H groups in total. The average molecular weight is 630 g/mol. The van der Waals surface area contributed by atoms with E-state index in [1.807, 2.05) is 13.8 Å². The number of aliphatic hydroxyl groups is 1. The van der Waals surface area contributed by atoms with Crippen LogP contribution in [0, 0.1) is 0 Å². The Morgan fingerprint density at radius 2 is 1.82 bits per heavy atom. The third-order valence-corrected chi connectivity index (χ3v) is 9.04. The van der Waals surface area contributed by atoms with Crippen LogP contribution in [0.1, 0.15) is 49.9 Å². The molecule has 5 atom stereocenters. The van der Waals surface area contributed by atoms with Crippen LogP contribution in [0.3, 0.4) is 0 Å². The predicted octanol–water partition coefficient (Wildman–Crippen LogP) is 1.10. The van der Waals surface area contributed by atoms with Gasteiger partial charge in [-0.2, -0.15) is 0 Å². The van der Waals surface area contributed by atoms with Gasteiger partial charge < -0.3 is 35.4 Å². The van der Waals surface area contributed by atoms with Crippen LogP contribution in [0.2, 0.25) is 0 Å². The van der Waals surface area contributed by atoms with Gasteiger partial charge in [-0.15, -0.1) is 0 Å². The standard InChI is InChI=1S/C30H39N5O8S/c1-17(2)33-30(39)35-16-20-14-24(35)29(38)32-15-27-25(36)10-6-21(43-27)11-12-42-26-13-19(5-9-23(26)28(37)34-20)18-3-7-22(8-4-18)44(31,40)41/h3-5,7-9,13,17,20-21,24-25,27,36H,6,10-12,14-16H2,1-2H3,(H,32,38)(H,33,39)(H,34,37)(H2,31,40,41)/t20-,21-,24-,25-,27+/m0/s1. The second-order valence-electron chi connectivity index (χ2n) is 11.8. The second kappa shape index (κ2) is 13.1. The van der Waals surface area contributed by atoms with Gasteiger partial charge in [0.2, 0.25) is 15.9 Å². The van der Waals surface area contributed by atoms with Crippen molar-refractivity contribution in [1.82, 2.24) is 20.9 Å². The lowest BCUT2D eigenvalue weighted by molar-refractivity contribution is -0.133. The highest BCUT2D eigenvalue weighted by molar-refractivity contribution is 7.89. The molecule has 4 amide bonds. The van der Waals surface area contributed by atoms with Crippen molar-refractivity contribution in [1.29, 1.82) is 0 Å². The molecule has 2 aromatic rings. The number of urea groups is 1. The Hall–Kier alpha value is -3.72. The van der Waals surface area contributed by atoms with Crippen LogP contribution in [0.15, 0.2) is 47.4 Å². The summed E-state index contributed by atoms with van der Waals surface area (Å²) in [4.78, 5) is 41.3. The maximum atomic E-state index is 13.6. The molecule has 2 saturated heterocycles. The molecule has 3 aliphatic rings. The first-order chi connectivity index (χ1) is 20.9. The van der Waals surface area contributed by atoms with Gasteiger partial charge in [0.25, 0.3) is 5.91 Å². The maximum Gasteiger partial charge on any atom is 0.318 e. The van der Waals surface area contributed by atoms with Crippen molar-refractivity contribution in [2.45, 2.75) is 80.9 Å². The molecular weight excluding hydrogens is 590 g/mol. The summed E-state index contributed by atoms with van der Waals surface area (Å²) in [6, 6.07) is 9.24. The van der Waals surface area contributed by atoms with Crippen LogP contribution in [0.25, 0.3) is 11.1 Å². The number of aliphatic hydroxyl groups excluding tert-OH is 1. The molecule has 0 saturated carbocycles. The second-order valence-corrected chi connectivity index (χ2v) is 13.3. The molecule has 4 bridgehead atoms. The van der Waals surface area contributed by atoms with Gasteiger partial charge in [0.15, 0.2) is 0 Å². The minimum absolute atomic E-state index is 0.0162. The van der Waals surface area contributed by atoms with Gasteiger partial charge in [-0.3, -0.25) is 9.59 Å². The number of likely N-dealkylation sites (tertiary alicyclic amines) is 1. The molecule has 13 nitrogen and oxygen atoms in total. The van der Waals surface area contributed by atoms with Gasteiger partial charge >= 0.3 is 6.03 Å². The summed E-state index contributed by atoms with van der Waals surface area (Å²) in [5.74, 6) is -0.486. The van der Waals surface area contributed by atoms with Crippen molar-refractivity contribution in [3.8, 4) is 16.9 Å². The van der Waals surface area contributed by atoms with Crippen LogP contribution in [0.5, 0.6) is 5.75 Å². The number of nitrogens with zero attached hydrogens (tertiary/aromatic N) is 1. The smallest absolute Gasteiger partial charge is 0.318 e. The Kier molecular flexibility index (Phi) is 9.44. The maximum absolute atomic E-state index is 13.6. The minimum Gasteiger partial charge on any atom is -0.493 e. The lowest BCUT2D eigenvalue weighted by Crippen LogP contribution is -2.53. The normalized spacial score (nSPS) is 26.3. The fraction of sp³-hybridized carbons (Fsp3) is 0.500. The molecule has 0 spiro atoms. The molecule has 44 heavy (non-hydrogen) atoms. The summed E-state index contributed by atoms with van der Waals surface area (Å²) in [5.41, 5.74) is 1.66. The number of carbonyl (C=O) groups is 3. The number of rotatable bonds is 3. The van der Waals surface area contributed by atoms with E-state index in [-0.39, 0.29) is 54.6 Å². The zero-order chi connectivity index (χ0) is 31.6. The molecule has 0 aromatic heterocycles. The summed E-state index contributed by atoms with van der Waals surface area (Å²) in [6.07, 6.45) is 0.197. The SMILES string of the molecule is CC(C)NC(=O)N1C[C@@H]2C[C@H]1C(=O)NC[C@H]1O[C@H](CCOc3cc(-c4ccc(S(N)(=O)=O)cc4)ccc3C(=O)N2)CC[C@@H]1O. The van der Waals surface area contributed by atoms with Gasteiger partial charge in [-0.1, -0.05) is 18.2 Å². The van der Waals surface area contributed by atoms with E-state index in [2.05, 4.69) is 16.0 Å². The first-order valence-corrected chi connectivity index (χ1v) is 16.3. The lowest BCUT2D eigenvalue weighted by atomic mass is 9.99. The molecule has 2 aromatic carbocycles. The quantitative estimate of drug-likeness (QED) is 0.334. The number of benzene rings is 2. The number of fused-ring (bicyclic) bond motifs is 5. The Morgan fingerprint density at radius 1 is 1.09 bits per heavy atom. The number of primary sulfonamides is 1. The van der Waals surface area contributed by atoms with Crippen molar-refractivity contribution >= 4 is 27.9 Å². The Balaban J connectivity index is 1.45. The van der Waals surface area contributed by atoms with Crippen LogP contribution in [-0.2, 0) is 19.6 Å². The predicted molar refractivity (Wildman–Crippen MR) is 160 cm³/mol. The molecule has 0 radical (unpaired) electrons. The first kappa shape index (κ1) is 31.7. The molecule has 238 valence electrons. The van der Waals surface area contributed by atoms with Crippen molar-refractivity contribution in [3.63, 3.8) is 0 Å². The summed E-state index contributed by atoms with van der Waals surface area (Å²) in [7, 11) is -3.85. The van der Waals surface area contributed by atoms with Crippen molar-refractivity contribution in [3.05, 3.63) is 48.0 Å². The molecule has 0 unspecified atom stereocenters. The molecule has 3 aliphatic heterocycles. The monoisotopic (exact) mass is 629 g/mol. The highest BCUT2D eigenvalue weighted by atomic mass is 32.2. The number of nitrogens with one attached hydrogen (secondary N) is 3. The molecule has 5 rings (SSSR count). The topological polar surface area (TPSA) is 189 Å². The van der Waals surface area contributed by atoms with Gasteiger partial charge in [-0.25, -0.2) is 18.4 Å². The number of hydrogen-bond donors (Lipinski definition) is 5. The fourth-order valence-electron chi connectivity index (χ4n) is 5.82. The zero-order valence-electron chi connectivity index (χ0n) is 24.7. The third-order valence-electron chi connectivity index (χ3n) is 8.11. The van der Waals surface area contributed by atoms with Gasteiger partial charge in [-0.05, 0) is 68.5 Å². The van der Waals surface area contributed by atoms with Crippen molar-refractivity contribution in [2.24, 2.45) is 5.14 Å². The Labute approximate surface area is 256 Å². The fourth-order valence-corrected chi connectivity index (χ4v) is 6.33. The zero-order valence-corrected chi connectivity index (χ0v) is 25.5. The molecule has 2 fully saturated rings. The van der Waals surface area contributed by atoms with Crippen molar-refractivity contribution in [2.75, 3.05) is 19.7 Å². The molecule has 0 aliphatic carbocycles. The van der Waals surface area contributed by atoms with E-state index in [1.165, 1.54) is 17.0 Å². The van der Waals surface area contributed by atoms with E-state index in [9.17, 15) is 27.9 Å². The third kappa shape index (κ3) is 7.32. The highest BCUT2D eigenvalue weighted by Gasteiger charge is 2.41. The summed E-state index contributed by atoms with van der Waals surface area (Å²) < 4.78 is 35.7. The van der Waals surface area contributed by atoms with Gasteiger partial charge in [0.05, 0.1) is 29.3 Å². The number of sulfonamides is 1. The Bertz CT molecular complexity index is 1500. The number of nitrogens with two attached hydrogens (primary N) is 1. The van der Waals surface area contributed by atoms with E-state index in [0.29, 0.717) is 36.1 Å². The highest BCUT2D eigenvalue weighted by Crippen LogP contribution is 2.30. The van der Waals surface area contributed by atoms with E-state index in [4.69, 9.17) is 14.6 Å². The molecular formula is C30H39N5O8S. The van der Waals surface area contributed by atoms with E-state index >= 15 is 0 Å². The van der Waals surface area contributed by atoms with E-state index in [0.717, 1.165) is 0 Å². The number of ether oxygens (including phenoxy) is 2. The van der Waals surface area contributed by atoms with Crippen molar-refractivity contribution < 1.29 is 37.4 Å². The summed E-state index contributed by atoms with van der Waals surface area (Å²) >= 11 is 0. The van der Waals surface area contributed by atoms with Crippen LogP contribution >= 0.6 is 0 Å².